The Morgan fingerprint density at radius 1 is 1.19 bits per heavy atom. The van der Waals surface area contributed by atoms with Crippen LogP contribution in [0, 0.1) is 0 Å². The van der Waals surface area contributed by atoms with Crippen LogP contribution in [0.3, 0.4) is 0 Å². The molecule has 1 fully saturated rings. The Bertz CT molecular complexity index is 951. The van der Waals surface area contributed by atoms with Gasteiger partial charge in [0.1, 0.15) is 5.57 Å². The van der Waals surface area contributed by atoms with E-state index in [1.807, 2.05) is 19.1 Å². The van der Waals surface area contributed by atoms with Crippen molar-refractivity contribution in [3.8, 4) is 11.5 Å². The van der Waals surface area contributed by atoms with Gasteiger partial charge in [-0.05, 0) is 60.1 Å². The predicted octanol–water partition coefficient (Wildman–Crippen LogP) is 2.79. The molecule has 0 saturated carbocycles. The second-order valence-electron chi connectivity index (χ2n) is 5.91. The number of anilines is 1. The molecule has 0 aliphatic carbocycles. The minimum absolute atomic E-state index is 0.0297. The molecular weight excluding hydrogens is 364 g/mol. The van der Waals surface area contributed by atoms with Crippen LogP contribution in [-0.4, -0.2) is 29.1 Å². The smallest absolute Gasteiger partial charge is 0.270 e. The van der Waals surface area contributed by atoms with Gasteiger partial charge >= 0.3 is 0 Å². The first-order valence-electron chi connectivity index (χ1n) is 8.32. The summed E-state index contributed by atoms with van der Waals surface area (Å²) in [6.45, 7) is 2.04. The van der Waals surface area contributed by atoms with E-state index in [2.05, 4.69) is 5.32 Å². The van der Waals surface area contributed by atoms with Crippen molar-refractivity contribution in [2.45, 2.75) is 13.3 Å². The topological polar surface area (TPSA) is 78.9 Å². The zero-order chi connectivity index (χ0) is 19.6. The van der Waals surface area contributed by atoms with Crippen LogP contribution in [0.15, 0.2) is 48.0 Å². The monoisotopic (exact) mass is 382 g/mol. The zero-order valence-electron chi connectivity index (χ0n) is 14.9. The lowest BCUT2D eigenvalue weighted by atomic mass is 10.1. The summed E-state index contributed by atoms with van der Waals surface area (Å²) in [6, 6.07) is 12.0. The van der Waals surface area contributed by atoms with Crippen LogP contribution >= 0.6 is 12.2 Å². The number of hydrogen-bond donors (Lipinski definition) is 2. The van der Waals surface area contributed by atoms with E-state index >= 15 is 0 Å². The van der Waals surface area contributed by atoms with Crippen molar-refractivity contribution in [3.05, 3.63) is 59.2 Å². The van der Waals surface area contributed by atoms with Crippen LogP contribution in [0.5, 0.6) is 11.5 Å². The van der Waals surface area contributed by atoms with Crippen LogP contribution in [0.1, 0.15) is 18.1 Å². The maximum absolute atomic E-state index is 13.0. The molecule has 0 atom stereocenters. The summed E-state index contributed by atoms with van der Waals surface area (Å²) in [7, 11) is 1.42. The van der Waals surface area contributed by atoms with E-state index in [4.69, 9.17) is 17.0 Å². The number of aromatic hydroxyl groups is 1. The molecule has 138 valence electrons. The quantitative estimate of drug-likeness (QED) is 0.483. The Labute approximate surface area is 162 Å². The van der Waals surface area contributed by atoms with Crippen molar-refractivity contribution in [2.24, 2.45) is 0 Å². The number of nitrogens with one attached hydrogen (secondary N) is 1. The zero-order valence-corrected chi connectivity index (χ0v) is 15.7. The van der Waals surface area contributed by atoms with Gasteiger partial charge in [-0.25, -0.2) is 0 Å². The molecule has 1 saturated heterocycles. The molecule has 1 aliphatic heterocycles. The molecule has 1 aliphatic rings. The van der Waals surface area contributed by atoms with Crippen LogP contribution in [-0.2, 0) is 16.0 Å². The van der Waals surface area contributed by atoms with Crippen molar-refractivity contribution in [1.29, 1.82) is 0 Å². The van der Waals surface area contributed by atoms with E-state index < -0.39 is 11.8 Å². The standard InChI is InChI=1S/C20H18N2O4S/c1-3-12-4-7-14(8-5-12)22-19(25)15(18(24)21-20(22)27)10-13-6-9-16(23)17(11-13)26-2/h4-11,23H,3H2,1-2H3,(H,21,24,27). The predicted molar refractivity (Wildman–Crippen MR) is 107 cm³/mol. The highest BCUT2D eigenvalue weighted by Crippen LogP contribution is 2.28. The van der Waals surface area contributed by atoms with Gasteiger partial charge < -0.3 is 9.84 Å². The van der Waals surface area contributed by atoms with Crippen molar-refractivity contribution >= 4 is 40.9 Å². The molecule has 6 nitrogen and oxygen atoms in total. The first kappa shape index (κ1) is 18.6. The number of carbonyl (C=O) groups excluding carboxylic acids is 2. The number of phenols is 1. The van der Waals surface area contributed by atoms with Gasteiger partial charge in [0.15, 0.2) is 16.6 Å². The minimum Gasteiger partial charge on any atom is -0.504 e. The molecule has 1 heterocycles. The highest BCUT2D eigenvalue weighted by Gasteiger charge is 2.34. The van der Waals surface area contributed by atoms with Crippen molar-refractivity contribution in [2.75, 3.05) is 12.0 Å². The molecule has 2 aromatic carbocycles. The van der Waals surface area contributed by atoms with Crippen molar-refractivity contribution < 1.29 is 19.4 Å². The largest absolute Gasteiger partial charge is 0.504 e. The molecule has 2 amide bonds. The second kappa shape index (κ2) is 7.59. The Balaban J connectivity index is 1.99. The van der Waals surface area contributed by atoms with Gasteiger partial charge in [0.05, 0.1) is 12.8 Å². The summed E-state index contributed by atoms with van der Waals surface area (Å²) in [5.74, 6) is -0.869. The fourth-order valence-corrected chi connectivity index (χ4v) is 3.00. The SMILES string of the molecule is CCc1ccc(N2C(=O)C(=Cc3ccc(O)c(OC)c3)C(=O)NC2=S)cc1. The molecule has 7 heteroatoms. The number of carbonyl (C=O) groups is 2. The second-order valence-corrected chi connectivity index (χ2v) is 6.30. The highest BCUT2D eigenvalue weighted by atomic mass is 32.1. The molecule has 2 aromatic rings. The van der Waals surface area contributed by atoms with Gasteiger partial charge in [0.2, 0.25) is 0 Å². The molecule has 27 heavy (non-hydrogen) atoms. The summed E-state index contributed by atoms with van der Waals surface area (Å²) in [4.78, 5) is 26.6. The van der Waals surface area contributed by atoms with E-state index in [1.54, 1.807) is 18.2 Å². The van der Waals surface area contributed by atoms with E-state index in [-0.39, 0.29) is 22.2 Å². The molecule has 0 radical (unpaired) electrons. The first-order valence-corrected chi connectivity index (χ1v) is 8.72. The van der Waals surface area contributed by atoms with Crippen LogP contribution in [0.4, 0.5) is 5.69 Å². The van der Waals surface area contributed by atoms with Crippen LogP contribution < -0.4 is 15.0 Å². The van der Waals surface area contributed by atoms with Crippen LogP contribution in [0.2, 0.25) is 0 Å². The summed E-state index contributed by atoms with van der Waals surface area (Å²) in [6.07, 6.45) is 2.32. The fraction of sp³-hybridized carbons (Fsp3) is 0.150. The van der Waals surface area contributed by atoms with Crippen LogP contribution in [0.25, 0.3) is 6.08 Å². The van der Waals surface area contributed by atoms with E-state index in [1.165, 1.54) is 30.2 Å². The van der Waals surface area contributed by atoms with Gasteiger partial charge in [-0.1, -0.05) is 25.1 Å². The number of nitrogens with zero attached hydrogens (tertiary/aromatic N) is 1. The van der Waals surface area contributed by atoms with Gasteiger partial charge in [-0.15, -0.1) is 0 Å². The lowest BCUT2D eigenvalue weighted by Crippen LogP contribution is -2.54. The molecule has 0 bridgehead atoms. The number of ether oxygens (including phenoxy) is 1. The molecular formula is C20H18N2O4S. The van der Waals surface area contributed by atoms with Crippen molar-refractivity contribution in [1.82, 2.24) is 5.32 Å². The van der Waals surface area contributed by atoms with Gasteiger partial charge in [0, 0.05) is 0 Å². The third-order valence-corrected chi connectivity index (χ3v) is 4.50. The normalized spacial score (nSPS) is 15.9. The Morgan fingerprint density at radius 2 is 1.89 bits per heavy atom. The average molecular weight is 382 g/mol. The average Bonchev–Trinajstić information content (AvgIpc) is 2.66. The van der Waals surface area contributed by atoms with E-state index in [0.29, 0.717) is 11.3 Å². The number of hydrogen-bond acceptors (Lipinski definition) is 5. The summed E-state index contributed by atoms with van der Waals surface area (Å²) in [5, 5.41) is 12.3. The van der Waals surface area contributed by atoms with Gasteiger partial charge in [-0.3, -0.25) is 19.8 Å². The summed E-state index contributed by atoms with van der Waals surface area (Å²) in [5.41, 5.74) is 2.19. The number of amides is 2. The van der Waals surface area contributed by atoms with E-state index in [0.717, 1.165) is 12.0 Å². The Kier molecular flexibility index (Phi) is 5.23. The first-order chi connectivity index (χ1) is 12.9. The third-order valence-electron chi connectivity index (χ3n) is 4.22. The lowest BCUT2D eigenvalue weighted by Gasteiger charge is -2.29. The molecule has 0 aromatic heterocycles. The Morgan fingerprint density at radius 3 is 2.52 bits per heavy atom. The minimum atomic E-state index is -0.571. The maximum Gasteiger partial charge on any atom is 0.270 e. The number of methoxy groups -OCH3 is 1. The highest BCUT2D eigenvalue weighted by molar-refractivity contribution is 7.80. The number of rotatable bonds is 4. The Hall–Kier alpha value is -3.19. The van der Waals surface area contributed by atoms with Gasteiger partial charge in [0.25, 0.3) is 11.8 Å². The fourth-order valence-electron chi connectivity index (χ4n) is 2.72. The summed E-state index contributed by atoms with van der Waals surface area (Å²) < 4.78 is 5.06. The maximum atomic E-state index is 13.0. The number of phenolic OH excluding ortho intramolecular Hbond substituents is 1. The molecule has 3 rings (SSSR count). The molecule has 0 unspecified atom stereocenters. The van der Waals surface area contributed by atoms with Crippen molar-refractivity contribution in [3.63, 3.8) is 0 Å². The number of thiocarbonyl (C=S) groups is 1. The summed E-state index contributed by atoms with van der Waals surface area (Å²) >= 11 is 5.19. The lowest BCUT2D eigenvalue weighted by molar-refractivity contribution is -0.122. The van der Waals surface area contributed by atoms with E-state index in [9.17, 15) is 14.7 Å². The number of benzene rings is 2. The molecule has 2 N–H and O–H groups in total. The van der Waals surface area contributed by atoms with Gasteiger partial charge in [-0.2, -0.15) is 0 Å². The third kappa shape index (κ3) is 3.68. The molecule has 0 spiro atoms. The number of aryl methyl sites for hydroxylation is 1.